The number of nitrogens with one attached hydrogen (secondary N) is 1. The summed E-state index contributed by atoms with van der Waals surface area (Å²) in [4.78, 5) is 14.7. The first-order chi connectivity index (χ1) is 14.2. The average Bonchev–Trinajstić information content (AvgIpc) is 2.74. The summed E-state index contributed by atoms with van der Waals surface area (Å²) in [7, 11) is 1.90. The fourth-order valence-corrected chi connectivity index (χ4v) is 6.03. The molecular weight excluding hydrogens is 358 g/mol. The molecule has 4 heterocycles. The van der Waals surface area contributed by atoms with Crippen LogP contribution in [0.2, 0.25) is 0 Å². The number of anilines is 2. The lowest BCUT2D eigenvalue weighted by atomic mass is 9.74. The van der Waals surface area contributed by atoms with E-state index in [0.717, 1.165) is 48.4 Å². The van der Waals surface area contributed by atoms with Crippen molar-refractivity contribution in [1.29, 1.82) is 0 Å². The summed E-state index contributed by atoms with van der Waals surface area (Å²) in [5.41, 5.74) is 2.53. The summed E-state index contributed by atoms with van der Waals surface area (Å²) in [6.45, 7) is 5.57. The van der Waals surface area contributed by atoms with Gasteiger partial charge in [-0.3, -0.25) is 4.90 Å². The minimum Gasteiger partial charge on any atom is -0.357 e. The van der Waals surface area contributed by atoms with E-state index in [1.54, 1.807) is 0 Å². The monoisotopic (exact) mass is 391 g/mol. The molecule has 29 heavy (non-hydrogen) atoms. The number of hydrogen-bond acceptors (Lipinski definition) is 5. The Morgan fingerprint density at radius 2 is 1.93 bits per heavy atom. The van der Waals surface area contributed by atoms with Gasteiger partial charge in [-0.05, 0) is 50.0 Å². The highest BCUT2D eigenvalue weighted by Crippen LogP contribution is 2.41. The largest absolute Gasteiger partial charge is 0.357 e. The molecule has 3 aliphatic heterocycles. The van der Waals surface area contributed by atoms with Crippen LogP contribution in [0.3, 0.4) is 0 Å². The van der Waals surface area contributed by atoms with E-state index in [1.807, 2.05) is 7.05 Å². The Hall–Kier alpha value is -2.14. The van der Waals surface area contributed by atoms with Crippen molar-refractivity contribution in [2.75, 3.05) is 36.9 Å². The minimum atomic E-state index is 0.713. The quantitative estimate of drug-likeness (QED) is 0.860. The van der Waals surface area contributed by atoms with Crippen LogP contribution >= 0.6 is 0 Å². The van der Waals surface area contributed by atoms with Crippen molar-refractivity contribution in [3.05, 3.63) is 47.7 Å². The highest BCUT2D eigenvalue weighted by atomic mass is 15.3. The lowest BCUT2D eigenvalue weighted by molar-refractivity contribution is -0.0187. The highest BCUT2D eigenvalue weighted by molar-refractivity contribution is 5.45. The topological polar surface area (TPSA) is 44.3 Å². The van der Waals surface area contributed by atoms with Crippen LogP contribution in [0.1, 0.15) is 36.9 Å². The summed E-state index contributed by atoms with van der Waals surface area (Å²) >= 11 is 0. The summed E-state index contributed by atoms with van der Waals surface area (Å²) in [5.74, 6) is 3.34. The van der Waals surface area contributed by atoms with Crippen LogP contribution in [0.25, 0.3) is 0 Å². The third-order valence-corrected chi connectivity index (χ3v) is 7.22. The van der Waals surface area contributed by atoms with Gasteiger partial charge in [0.2, 0.25) is 5.95 Å². The molecular formula is C24H33N5. The van der Waals surface area contributed by atoms with Gasteiger partial charge in [0.05, 0.1) is 0 Å². The highest BCUT2D eigenvalue weighted by Gasteiger charge is 2.44. The van der Waals surface area contributed by atoms with E-state index >= 15 is 0 Å². The van der Waals surface area contributed by atoms with Crippen LogP contribution in [-0.2, 0) is 6.42 Å². The van der Waals surface area contributed by atoms with Crippen molar-refractivity contribution in [2.45, 2.75) is 51.1 Å². The van der Waals surface area contributed by atoms with E-state index < -0.39 is 0 Å². The fraction of sp³-hybridized carbons (Fsp3) is 0.583. The first kappa shape index (κ1) is 18.9. The minimum absolute atomic E-state index is 0.713. The Balaban J connectivity index is 1.34. The third kappa shape index (κ3) is 3.85. The maximum absolute atomic E-state index is 4.77. The second kappa shape index (κ2) is 7.94. The molecule has 3 aliphatic rings. The number of hydrogen-bond donors (Lipinski definition) is 1. The Bertz CT molecular complexity index is 838. The average molecular weight is 392 g/mol. The predicted octanol–water partition coefficient (Wildman–Crippen LogP) is 3.75. The van der Waals surface area contributed by atoms with Crippen molar-refractivity contribution in [3.8, 4) is 0 Å². The number of benzene rings is 1. The summed E-state index contributed by atoms with van der Waals surface area (Å²) < 4.78 is 0. The number of fused-ring (bicyclic) bond motifs is 4. The molecule has 0 amide bonds. The third-order valence-electron chi connectivity index (χ3n) is 7.22. The van der Waals surface area contributed by atoms with E-state index in [-0.39, 0.29) is 0 Å². The van der Waals surface area contributed by atoms with Crippen molar-refractivity contribution >= 4 is 11.8 Å². The summed E-state index contributed by atoms with van der Waals surface area (Å²) in [5, 5.41) is 3.11. The number of aromatic nitrogens is 2. The molecule has 3 fully saturated rings. The lowest BCUT2D eigenvalue weighted by Crippen LogP contribution is -2.62. The molecule has 1 aromatic heterocycles. The van der Waals surface area contributed by atoms with Crippen molar-refractivity contribution in [2.24, 2.45) is 11.8 Å². The molecule has 4 atom stereocenters. The molecule has 2 bridgehead atoms. The zero-order valence-electron chi connectivity index (χ0n) is 17.7. The van der Waals surface area contributed by atoms with Crippen molar-refractivity contribution in [1.82, 2.24) is 14.9 Å². The van der Waals surface area contributed by atoms with Gasteiger partial charge in [0.1, 0.15) is 5.82 Å². The van der Waals surface area contributed by atoms with Gasteiger partial charge >= 0.3 is 0 Å². The van der Waals surface area contributed by atoms with Gasteiger partial charge in [-0.25, -0.2) is 4.98 Å². The van der Waals surface area contributed by atoms with Gasteiger partial charge in [0.25, 0.3) is 0 Å². The molecule has 2 aromatic rings. The maximum Gasteiger partial charge on any atom is 0.224 e. The normalized spacial score (nSPS) is 29.4. The zero-order chi connectivity index (χ0) is 19.8. The van der Waals surface area contributed by atoms with Gasteiger partial charge in [-0.1, -0.05) is 36.8 Å². The molecule has 0 saturated carbocycles. The number of rotatable bonds is 4. The van der Waals surface area contributed by atoms with Crippen LogP contribution in [0, 0.1) is 18.8 Å². The Morgan fingerprint density at radius 3 is 2.76 bits per heavy atom. The molecule has 5 nitrogen and oxygen atoms in total. The lowest BCUT2D eigenvalue weighted by Gasteiger charge is -2.55. The van der Waals surface area contributed by atoms with Gasteiger partial charge in [-0.15, -0.1) is 0 Å². The molecule has 3 saturated heterocycles. The van der Waals surface area contributed by atoms with E-state index in [1.165, 1.54) is 44.2 Å². The molecule has 5 rings (SSSR count). The Morgan fingerprint density at radius 1 is 1.07 bits per heavy atom. The number of aryl methyl sites for hydroxylation is 1. The van der Waals surface area contributed by atoms with E-state index in [9.17, 15) is 0 Å². The van der Waals surface area contributed by atoms with Crippen LogP contribution in [-0.4, -0.2) is 53.6 Å². The van der Waals surface area contributed by atoms with E-state index in [0.29, 0.717) is 6.04 Å². The molecule has 1 aromatic carbocycles. The molecule has 0 radical (unpaired) electrons. The zero-order valence-corrected chi connectivity index (χ0v) is 17.7. The van der Waals surface area contributed by atoms with Crippen molar-refractivity contribution < 1.29 is 0 Å². The Labute approximate surface area is 174 Å². The second-order valence-electron chi connectivity index (χ2n) is 9.25. The number of piperidine rings is 3. The van der Waals surface area contributed by atoms with Gasteiger partial charge in [-0.2, -0.15) is 4.98 Å². The SMILES string of the molecule is CNc1nc(C)cc(N2C[C@@H]3C[C@H](C2)[C@@H]2CCC[C@H](Cc4ccccc4)N2C3)n1. The fourth-order valence-electron chi connectivity index (χ4n) is 6.03. The Kier molecular flexibility index (Phi) is 5.17. The predicted molar refractivity (Wildman–Crippen MR) is 118 cm³/mol. The van der Waals surface area contributed by atoms with Crippen LogP contribution in [0.4, 0.5) is 11.8 Å². The molecule has 0 aliphatic carbocycles. The van der Waals surface area contributed by atoms with E-state index in [2.05, 4.69) is 63.4 Å². The van der Waals surface area contributed by atoms with Crippen LogP contribution < -0.4 is 10.2 Å². The van der Waals surface area contributed by atoms with Gasteiger partial charge < -0.3 is 10.2 Å². The molecule has 154 valence electrons. The van der Waals surface area contributed by atoms with Gasteiger partial charge in [0, 0.05) is 50.5 Å². The van der Waals surface area contributed by atoms with E-state index in [4.69, 9.17) is 4.98 Å². The molecule has 0 spiro atoms. The first-order valence-electron chi connectivity index (χ1n) is 11.3. The first-order valence-corrected chi connectivity index (χ1v) is 11.3. The molecule has 0 unspecified atom stereocenters. The molecule has 1 N–H and O–H groups in total. The standard InChI is InChI=1S/C24H33N5/c1-17-11-23(27-24(25-2)26-17)28-14-19-12-20(16-28)22-10-6-9-21(29(22)15-19)13-18-7-4-3-5-8-18/h3-5,7-8,11,19-22H,6,9-10,12-16H2,1-2H3,(H,25,26,27)/t19-,20+,21+,22-/m0/s1. The number of nitrogens with zero attached hydrogens (tertiary/aromatic N) is 4. The second-order valence-corrected chi connectivity index (χ2v) is 9.25. The summed E-state index contributed by atoms with van der Waals surface area (Å²) in [6, 6.07) is 14.7. The maximum atomic E-state index is 4.77. The van der Waals surface area contributed by atoms with Crippen molar-refractivity contribution in [3.63, 3.8) is 0 Å². The van der Waals surface area contributed by atoms with Crippen LogP contribution in [0.5, 0.6) is 0 Å². The van der Waals surface area contributed by atoms with Crippen LogP contribution in [0.15, 0.2) is 36.4 Å². The van der Waals surface area contributed by atoms with Gasteiger partial charge in [0.15, 0.2) is 0 Å². The summed E-state index contributed by atoms with van der Waals surface area (Å²) in [6.07, 6.45) is 6.68. The smallest absolute Gasteiger partial charge is 0.224 e. The molecule has 5 heteroatoms.